The summed E-state index contributed by atoms with van der Waals surface area (Å²) in [7, 11) is 2.10. The monoisotopic (exact) mass is 258 g/mol. The number of ether oxygens (including phenoxy) is 2. The van der Waals surface area contributed by atoms with Crippen molar-refractivity contribution < 1.29 is 9.47 Å². The molecular formula is C12H22N2O2S. The highest BCUT2D eigenvalue weighted by Gasteiger charge is 2.40. The van der Waals surface area contributed by atoms with E-state index in [-0.39, 0.29) is 5.60 Å². The molecule has 2 heterocycles. The van der Waals surface area contributed by atoms with Crippen LogP contribution in [0.25, 0.3) is 0 Å². The van der Waals surface area contributed by atoms with Gasteiger partial charge < -0.3 is 15.2 Å². The summed E-state index contributed by atoms with van der Waals surface area (Å²) in [6.07, 6.45) is 4.19. The van der Waals surface area contributed by atoms with Gasteiger partial charge in [0.1, 0.15) is 0 Å². The number of nitrogens with zero attached hydrogens (tertiary/aromatic N) is 1. The lowest BCUT2D eigenvalue weighted by molar-refractivity contribution is -0.148. The van der Waals surface area contributed by atoms with E-state index in [2.05, 4.69) is 11.9 Å². The molecule has 2 fully saturated rings. The Kier molecular flexibility index (Phi) is 4.36. The molecule has 1 spiro atoms. The topological polar surface area (TPSA) is 47.7 Å². The van der Waals surface area contributed by atoms with Gasteiger partial charge >= 0.3 is 0 Å². The van der Waals surface area contributed by atoms with Crippen molar-refractivity contribution in [1.29, 1.82) is 0 Å². The Hall–Kier alpha value is -0.230. The van der Waals surface area contributed by atoms with Gasteiger partial charge in [0.15, 0.2) is 0 Å². The van der Waals surface area contributed by atoms with Crippen molar-refractivity contribution >= 4 is 17.2 Å². The molecule has 17 heavy (non-hydrogen) atoms. The number of thiocarbonyl (C=S) groups is 1. The van der Waals surface area contributed by atoms with Crippen LogP contribution in [0.4, 0.5) is 0 Å². The molecular weight excluding hydrogens is 236 g/mol. The predicted molar refractivity (Wildman–Crippen MR) is 71.2 cm³/mol. The number of likely N-dealkylation sites (N-methyl/N-ethyl adjacent to an activating group) is 1. The lowest BCUT2D eigenvalue weighted by atomic mass is 9.83. The molecule has 2 aliphatic rings. The van der Waals surface area contributed by atoms with Gasteiger partial charge in [-0.15, -0.1) is 0 Å². The normalized spacial score (nSPS) is 28.5. The maximum Gasteiger partial charge on any atom is 0.0870 e. The summed E-state index contributed by atoms with van der Waals surface area (Å²) in [5, 5.41) is 0. The van der Waals surface area contributed by atoms with Crippen molar-refractivity contribution in [2.75, 3.05) is 33.4 Å². The molecule has 1 atom stereocenters. The molecule has 98 valence electrons. The van der Waals surface area contributed by atoms with Gasteiger partial charge in [0.2, 0.25) is 0 Å². The van der Waals surface area contributed by atoms with Gasteiger partial charge in [-0.2, -0.15) is 0 Å². The van der Waals surface area contributed by atoms with Crippen LogP contribution in [0, 0.1) is 0 Å². The fraction of sp³-hybridized carbons (Fsp3) is 0.917. The Morgan fingerprint density at radius 1 is 1.41 bits per heavy atom. The number of rotatable bonds is 3. The standard InChI is InChI=1S/C12H22N2O2S/c1-14(9-11(13)17)10-2-5-16-12(8-10)3-6-15-7-4-12/h10H,2-9H2,1H3,(H2,13,17). The van der Waals surface area contributed by atoms with Crippen LogP contribution >= 0.6 is 12.2 Å². The summed E-state index contributed by atoms with van der Waals surface area (Å²) in [6, 6.07) is 0.531. The van der Waals surface area contributed by atoms with E-state index in [1.165, 1.54) is 0 Å². The molecule has 0 radical (unpaired) electrons. The summed E-state index contributed by atoms with van der Waals surface area (Å²) >= 11 is 4.97. The van der Waals surface area contributed by atoms with Crippen LogP contribution in [-0.2, 0) is 9.47 Å². The third-order valence-corrected chi connectivity index (χ3v) is 4.03. The van der Waals surface area contributed by atoms with Crippen molar-refractivity contribution in [1.82, 2.24) is 4.90 Å². The van der Waals surface area contributed by atoms with Gasteiger partial charge in [0.25, 0.3) is 0 Å². The first-order valence-corrected chi connectivity index (χ1v) is 6.72. The maximum absolute atomic E-state index is 6.02. The van der Waals surface area contributed by atoms with Crippen LogP contribution in [-0.4, -0.2) is 54.9 Å². The number of nitrogens with two attached hydrogens (primary N) is 1. The van der Waals surface area contributed by atoms with Crippen LogP contribution in [0.15, 0.2) is 0 Å². The van der Waals surface area contributed by atoms with Crippen LogP contribution in [0.3, 0.4) is 0 Å². The smallest absolute Gasteiger partial charge is 0.0870 e. The van der Waals surface area contributed by atoms with Crippen LogP contribution in [0.5, 0.6) is 0 Å². The molecule has 0 bridgehead atoms. The molecule has 2 aliphatic heterocycles. The highest BCUT2D eigenvalue weighted by Crippen LogP contribution is 2.35. The molecule has 2 saturated heterocycles. The van der Waals surface area contributed by atoms with Gasteiger partial charge in [-0.3, -0.25) is 4.90 Å². The molecule has 0 saturated carbocycles. The summed E-state index contributed by atoms with van der Waals surface area (Å²) in [5.41, 5.74) is 5.66. The Morgan fingerprint density at radius 2 is 2.12 bits per heavy atom. The Morgan fingerprint density at radius 3 is 2.76 bits per heavy atom. The molecule has 0 aromatic rings. The zero-order valence-corrected chi connectivity index (χ0v) is 11.3. The molecule has 0 aliphatic carbocycles. The average Bonchev–Trinajstić information content (AvgIpc) is 2.29. The fourth-order valence-electron chi connectivity index (χ4n) is 2.84. The molecule has 5 heteroatoms. The Balaban J connectivity index is 1.93. The lowest BCUT2D eigenvalue weighted by Crippen LogP contribution is -2.51. The molecule has 1 unspecified atom stereocenters. The second kappa shape index (κ2) is 5.61. The SMILES string of the molecule is CN(CC(N)=S)C1CCOC2(CCOCC2)C1. The van der Waals surface area contributed by atoms with E-state index in [4.69, 9.17) is 27.4 Å². The average molecular weight is 258 g/mol. The zero-order valence-electron chi connectivity index (χ0n) is 10.5. The van der Waals surface area contributed by atoms with Crippen molar-refractivity contribution in [2.24, 2.45) is 5.73 Å². The van der Waals surface area contributed by atoms with E-state index in [0.29, 0.717) is 17.6 Å². The number of hydrogen-bond donors (Lipinski definition) is 1. The summed E-state index contributed by atoms with van der Waals surface area (Å²) < 4.78 is 11.4. The molecule has 2 N–H and O–H groups in total. The second-order valence-corrected chi connectivity index (χ2v) is 5.70. The molecule has 2 rings (SSSR count). The number of hydrogen-bond acceptors (Lipinski definition) is 4. The van der Waals surface area contributed by atoms with Crippen molar-refractivity contribution in [3.05, 3.63) is 0 Å². The van der Waals surface area contributed by atoms with Gasteiger partial charge in [0, 0.05) is 32.4 Å². The second-order valence-electron chi connectivity index (χ2n) is 5.17. The summed E-state index contributed by atoms with van der Waals surface area (Å²) in [6.45, 7) is 3.19. The Labute approximate surface area is 108 Å². The minimum atomic E-state index is 0.0473. The molecule has 0 aromatic carbocycles. The van der Waals surface area contributed by atoms with Crippen LogP contribution in [0.1, 0.15) is 25.7 Å². The third-order valence-electron chi connectivity index (χ3n) is 3.90. The van der Waals surface area contributed by atoms with E-state index < -0.39 is 0 Å². The molecule has 0 amide bonds. The van der Waals surface area contributed by atoms with E-state index in [9.17, 15) is 0 Å². The molecule has 0 aromatic heterocycles. The largest absolute Gasteiger partial charge is 0.392 e. The van der Waals surface area contributed by atoms with Gasteiger partial charge in [-0.1, -0.05) is 12.2 Å². The zero-order chi connectivity index (χ0) is 12.3. The maximum atomic E-state index is 6.02. The summed E-state index contributed by atoms with van der Waals surface area (Å²) in [4.78, 5) is 2.84. The van der Waals surface area contributed by atoms with Crippen LogP contribution in [0.2, 0.25) is 0 Å². The van der Waals surface area contributed by atoms with Crippen LogP contribution < -0.4 is 5.73 Å². The third kappa shape index (κ3) is 3.37. The van der Waals surface area contributed by atoms with Gasteiger partial charge in [-0.05, 0) is 32.7 Å². The minimum Gasteiger partial charge on any atom is -0.392 e. The van der Waals surface area contributed by atoms with E-state index in [1.54, 1.807) is 0 Å². The predicted octanol–water partition coefficient (Wildman–Crippen LogP) is 0.933. The van der Waals surface area contributed by atoms with Crippen molar-refractivity contribution in [3.63, 3.8) is 0 Å². The van der Waals surface area contributed by atoms with Gasteiger partial charge in [-0.25, -0.2) is 0 Å². The van der Waals surface area contributed by atoms with Gasteiger partial charge in [0.05, 0.1) is 10.6 Å². The van der Waals surface area contributed by atoms with E-state index in [0.717, 1.165) is 45.5 Å². The first kappa shape index (κ1) is 13.2. The highest BCUT2D eigenvalue weighted by molar-refractivity contribution is 7.80. The quantitative estimate of drug-likeness (QED) is 0.763. The first-order valence-electron chi connectivity index (χ1n) is 6.32. The minimum absolute atomic E-state index is 0.0473. The lowest BCUT2D eigenvalue weighted by Gasteiger charge is -2.45. The van der Waals surface area contributed by atoms with E-state index >= 15 is 0 Å². The first-order chi connectivity index (χ1) is 8.11. The van der Waals surface area contributed by atoms with E-state index in [1.807, 2.05) is 0 Å². The summed E-state index contributed by atoms with van der Waals surface area (Å²) in [5.74, 6) is 0. The molecule has 4 nitrogen and oxygen atoms in total. The van der Waals surface area contributed by atoms with Crippen molar-refractivity contribution in [2.45, 2.75) is 37.3 Å². The van der Waals surface area contributed by atoms with Crippen molar-refractivity contribution in [3.8, 4) is 0 Å². The Bertz CT molecular complexity index is 274. The fourth-order valence-corrected chi connectivity index (χ4v) is 3.05. The highest BCUT2D eigenvalue weighted by atomic mass is 32.1.